The van der Waals surface area contributed by atoms with Crippen LogP contribution in [0.3, 0.4) is 0 Å². The Morgan fingerprint density at radius 1 is 0.733 bits per heavy atom. The Kier molecular flexibility index (Phi) is 9.33. The van der Waals surface area contributed by atoms with Gasteiger partial charge in [0.1, 0.15) is 28.7 Å². The lowest BCUT2D eigenvalue weighted by Crippen LogP contribution is -2.30. The van der Waals surface area contributed by atoms with Crippen molar-refractivity contribution >= 4 is 22.6 Å². The van der Waals surface area contributed by atoms with E-state index in [-0.39, 0.29) is 11.0 Å². The number of pyridine rings is 1. The fourth-order valence-corrected chi connectivity index (χ4v) is 5.27. The second kappa shape index (κ2) is 13.3. The Labute approximate surface area is 266 Å². The van der Waals surface area contributed by atoms with E-state index >= 15 is 0 Å². The molecule has 0 aliphatic carbocycles. The molecule has 6 heteroatoms. The minimum atomic E-state index is -0.182. The summed E-state index contributed by atoms with van der Waals surface area (Å²) in [7, 11) is 1.71. The van der Waals surface area contributed by atoms with E-state index < -0.39 is 0 Å². The summed E-state index contributed by atoms with van der Waals surface area (Å²) in [5.41, 5.74) is 11.1. The molecular formula is C39H42N4O2. The van der Waals surface area contributed by atoms with Gasteiger partial charge in [-0.2, -0.15) is 0 Å². The number of hydrogen-bond donors (Lipinski definition) is 1. The molecular weight excluding hydrogens is 556 g/mol. The standard InChI is InChI=1S/C39H42N4O2/c1-7-39(5,8-2)45-32-23-17-29(18-24-32)38(3,4)28-15-21-31(22-16-28)44-30-19-13-27(14-20-30)37(41-6)43-36(40)34-25-26-42-35-12-10-9-11-33(34)35/h9-26H,7-8H2,1-6H3,(H2,40,41,43). The van der Waals surface area contributed by atoms with E-state index in [0.29, 0.717) is 11.7 Å². The number of nitrogens with zero attached hydrogens (tertiary/aromatic N) is 3. The van der Waals surface area contributed by atoms with Crippen LogP contribution in [-0.4, -0.2) is 29.3 Å². The highest BCUT2D eigenvalue weighted by atomic mass is 16.5. The minimum absolute atomic E-state index is 0.142. The molecule has 45 heavy (non-hydrogen) atoms. The molecule has 0 saturated heterocycles. The van der Waals surface area contributed by atoms with Crippen LogP contribution in [-0.2, 0) is 5.41 Å². The topological polar surface area (TPSA) is 82.1 Å². The fraction of sp³-hybridized carbons (Fsp3) is 0.256. The van der Waals surface area contributed by atoms with Crippen molar-refractivity contribution < 1.29 is 9.47 Å². The number of aromatic nitrogens is 1. The maximum absolute atomic E-state index is 6.44. The Balaban J connectivity index is 1.26. The Hall–Kier alpha value is -4.97. The van der Waals surface area contributed by atoms with Gasteiger partial charge in [-0.1, -0.05) is 70.2 Å². The van der Waals surface area contributed by atoms with Crippen molar-refractivity contribution in [3.8, 4) is 17.2 Å². The van der Waals surface area contributed by atoms with Crippen LogP contribution in [0.25, 0.3) is 10.9 Å². The Morgan fingerprint density at radius 3 is 1.87 bits per heavy atom. The number of hydrogen-bond acceptors (Lipinski definition) is 4. The molecule has 0 unspecified atom stereocenters. The second-order valence-electron chi connectivity index (χ2n) is 12.0. The van der Waals surface area contributed by atoms with E-state index in [0.717, 1.165) is 52.1 Å². The van der Waals surface area contributed by atoms with Gasteiger partial charge in [0.25, 0.3) is 0 Å². The summed E-state index contributed by atoms with van der Waals surface area (Å²) in [6.45, 7) is 11.0. The van der Waals surface area contributed by atoms with E-state index in [1.807, 2.05) is 66.7 Å². The van der Waals surface area contributed by atoms with Gasteiger partial charge in [-0.3, -0.25) is 9.98 Å². The van der Waals surface area contributed by atoms with E-state index in [1.165, 1.54) is 11.1 Å². The van der Waals surface area contributed by atoms with Gasteiger partial charge in [0, 0.05) is 35.2 Å². The summed E-state index contributed by atoms with van der Waals surface area (Å²) >= 11 is 0. The van der Waals surface area contributed by atoms with Gasteiger partial charge in [-0.15, -0.1) is 0 Å². The summed E-state index contributed by atoms with van der Waals surface area (Å²) in [6.07, 6.45) is 3.68. The van der Waals surface area contributed by atoms with Crippen LogP contribution in [0.5, 0.6) is 17.2 Å². The molecule has 2 N–H and O–H groups in total. The third-order valence-electron chi connectivity index (χ3n) is 8.72. The molecule has 5 aromatic rings. The highest BCUT2D eigenvalue weighted by Crippen LogP contribution is 2.35. The number of amidine groups is 2. The number of fused-ring (bicyclic) bond motifs is 1. The summed E-state index contributed by atoms with van der Waals surface area (Å²) in [5, 5.41) is 0.948. The molecule has 0 saturated carbocycles. The minimum Gasteiger partial charge on any atom is -0.488 e. The number of rotatable bonds is 10. The van der Waals surface area contributed by atoms with E-state index in [2.05, 4.69) is 86.0 Å². The predicted octanol–water partition coefficient (Wildman–Crippen LogP) is 9.09. The van der Waals surface area contributed by atoms with Crippen LogP contribution < -0.4 is 15.2 Å². The van der Waals surface area contributed by atoms with Gasteiger partial charge in [0.2, 0.25) is 0 Å². The Morgan fingerprint density at radius 2 is 1.29 bits per heavy atom. The molecule has 0 amide bonds. The zero-order valence-corrected chi connectivity index (χ0v) is 27.0. The lowest BCUT2D eigenvalue weighted by molar-refractivity contribution is 0.0802. The predicted molar refractivity (Wildman–Crippen MR) is 186 cm³/mol. The summed E-state index contributed by atoms with van der Waals surface area (Å²) in [4.78, 5) is 13.5. The zero-order valence-electron chi connectivity index (χ0n) is 27.0. The van der Waals surface area contributed by atoms with Crippen LogP contribution in [0, 0.1) is 0 Å². The van der Waals surface area contributed by atoms with Crippen LogP contribution in [0.4, 0.5) is 0 Å². The SMILES string of the molecule is CCC(C)(CC)Oc1ccc(C(C)(C)c2ccc(Oc3ccc(C(=NC)N=C(N)c4ccnc5ccccc45)cc3)cc2)cc1. The van der Waals surface area contributed by atoms with Crippen LogP contribution in [0.1, 0.15) is 69.7 Å². The second-order valence-corrected chi connectivity index (χ2v) is 12.0. The lowest BCUT2D eigenvalue weighted by atomic mass is 9.78. The highest BCUT2D eigenvalue weighted by molar-refractivity contribution is 6.15. The van der Waals surface area contributed by atoms with Crippen molar-refractivity contribution in [3.05, 3.63) is 132 Å². The Bertz CT molecular complexity index is 1800. The summed E-state index contributed by atoms with van der Waals surface area (Å²) < 4.78 is 12.5. The first-order valence-electron chi connectivity index (χ1n) is 15.5. The molecule has 4 aromatic carbocycles. The molecule has 0 radical (unpaired) electrons. The van der Waals surface area contributed by atoms with Gasteiger partial charge in [0.15, 0.2) is 5.84 Å². The van der Waals surface area contributed by atoms with Crippen molar-refractivity contribution in [1.29, 1.82) is 0 Å². The third-order valence-corrected chi connectivity index (χ3v) is 8.72. The maximum Gasteiger partial charge on any atom is 0.156 e. The van der Waals surface area contributed by atoms with Crippen molar-refractivity contribution in [2.75, 3.05) is 7.05 Å². The van der Waals surface area contributed by atoms with Crippen molar-refractivity contribution in [3.63, 3.8) is 0 Å². The van der Waals surface area contributed by atoms with Gasteiger partial charge in [-0.25, -0.2) is 4.99 Å². The number of benzene rings is 4. The average Bonchev–Trinajstić information content (AvgIpc) is 3.07. The summed E-state index contributed by atoms with van der Waals surface area (Å²) in [5.74, 6) is 3.32. The smallest absolute Gasteiger partial charge is 0.156 e. The molecule has 1 aromatic heterocycles. The van der Waals surface area contributed by atoms with Crippen molar-refractivity contribution in [2.24, 2.45) is 15.7 Å². The first kappa shape index (κ1) is 31.5. The number of para-hydroxylation sites is 1. The quantitative estimate of drug-likeness (QED) is 0.128. The third kappa shape index (κ3) is 7.07. The molecule has 0 bridgehead atoms. The first-order chi connectivity index (χ1) is 21.7. The van der Waals surface area contributed by atoms with Gasteiger partial charge < -0.3 is 15.2 Å². The average molecular weight is 599 g/mol. The van der Waals surface area contributed by atoms with Crippen LogP contribution in [0.15, 0.2) is 119 Å². The molecule has 6 nitrogen and oxygen atoms in total. The number of ether oxygens (including phenoxy) is 2. The molecule has 1 heterocycles. The number of aliphatic imine (C=N–C) groups is 2. The zero-order chi connectivity index (χ0) is 32.0. The van der Waals surface area contributed by atoms with Crippen molar-refractivity contribution in [1.82, 2.24) is 4.98 Å². The van der Waals surface area contributed by atoms with E-state index in [9.17, 15) is 0 Å². The van der Waals surface area contributed by atoms with E-state index in [1.54, 1.807) is 13.2 Å². The van der Waals surface area contributed by atoms with Crippen molar-refractivity contribution in [2.45, 2.75) is 58.5 Å². The monoisotopic (exact) mass is 598 g/mol. The molecule has 0 aliphatic rings. The molecule has 0 aliphatic heterocycles. The molecule has 230 valence electrons. The fourth-order valence-electron chi connectivity index (χ4n) is 5.27. The van der Waals surface area contributed by atoms with E-state index in [4.69, 9.17) is 15.2 Å². The molecule has 0 atom stereocenters. The van der Waals surface area contributed by atoms with Gasteiger partial charge >= 0.3 is 0 Å². The normalized spacial score (nSPS) is 12.8. The van der Waals surface area contributed by atoms with Gasteiger partial charge in [0.05, 0.1) is 5.52 Å². The molecule has 5 rings (SSSR count). The van der Waals surface area contributed by atoms with Crippen LogP contribution >= 0.6 is 0 Å². The summed E-state index contributed by atoms with van der Waals surface area (Å²) in [6, 6.07) is 34.2. The van der Waals surface area contributed by atoms with Gasteiger partial charge in [-0.05, 0) is 91.6 Å². The molecule has 0 fully saturated rings. The largest absolute Gasteiger partial charge is 0.488 e. The maximum atomic E-state index is 6.44. The first-order valence-corrected chi connectivity index (χ1v) is 15.5. The number of nitrogens with two attached hydrogens (primary N) is 1. The highest BCUT2D eigenvalue weighted by Gasteiger charge is 2.25. The molecule has 0 spiro atoms. The van der Waals surface area contributed by atoms with Crippen LogP contribution in [0.2, 0.25) is 0 Å². The lowest BCUT2D eigenvalue weighted by Gasteiger charge is -2.30.